The molecule has 27 heavy (non-hydrogen) atoms. The Kier molecular flexibility index (Phi) is 6.30. The van der Waals surface area contributed by atoms with E-state index in [1.807, 2.05) is 0 Å². The van der Waals surface area contributed by atoms with Crippen molar-refractivity contribution in [1.29, 1.82) is 0 Å². The third-order valence-corrected chi connectivity index (χ3v) is 6.60. The zero-order valence-corrected chi connectivity index (χ0v) is 16.2. The summed E-state index contributed by atoms with van der Waals surface area (Å²) >= 11 is 5.89. The van der Waals surface area contributed by atoms with Gasteiger partial charge in [-0.3, -0.25) is 4.98 Å². The molecule has 2 heterocycles. The molecule has 1 aromatic carbocycles. The normalized spacial score (nSPS) is 16.0. The highest BCUT2D eigenvalue weighted by Gasteiger charge is 2.29. The van der Waals surface area contributed by atoms with E-state index in [0.717, 1.165) is 0 Å². The van der Waals surface area contributed by atoms with Crippen LogP contribution in [0.1, 0.15) is 12.8 Å². The Morgan fingerprint density at radius 1 is 1.22 bits per heavy atom. The Hall–Kier alpha value is -2.16. The minimum Gasteiger partial charge on any atom is -0.338 e. The van der Waals surface area contributed by atoms with Gasteiger partial charge in [-0.25, -0.2) is 13.2 Å². The molecular formula is C18H21ClN4O3S. The van der Waals surface area contributed by atoms with E-state index in [9.17, 15) is 13.2 Å². The second-order valence-electron chi connectivity index (χ2n) is 6.38. The molecule has 1 aliphatic rings. The molecule has 0 spiro atoms. The fourth-order valence-electron chi connectivity index (χ4n) is 2.98. The first-order valence-electron chi connectivity index (χ1n) is 8.66. The SMILES string of the molecule is O=C(NCC1CCN(S(=O)(=O)c2cccnc2)CC1)Nc1cccc(Cl)c1. The van der Waals surface area contributed by atoms with Crippen LogP contribution < -0.4 is 10.6 Å². The van der Waals surface area contributed by atoms with Crippen LogP contribution in [0.4, 0.5) is 10.5 Å². The zero-order valence-electron chi connectivity index (χ0n) is 14.6. The van der Waals surface area contributed by atoms with E-state index in [4.69, 9.17) is 11.6 Å². The average molecular weight is 409 g/mol. The van der Waals surface area contributed by atoms with Gasteiger partial charge in [0.2, 0.25) is 10.0 Å². The number of rotatable bonds is 5. The van der Waals surface area contributed by atoms with Crippen molar-refractivity contribution >= 4 is 33.3 Å². The van der Waals surface area contributed by atoms with Crippen LogP contribution in [0.15, 0.2) is 53.7 Å². The minimum absolute atomic E-state index is 0.211. The summed E-state index contributed by atoms with van der Waals surface area (Å²) < 4.78 is 26.7. The molecule has 0 radical (unpaired) electrons. The number of nitrogens with zero attached hydrogens (tertiary/aromatic N) is 2. The summed E-state index contributed by atoms with van der Waals surface area (Å²) in [4.78, 5) is 16.1. The highest BCUT2D eigenvalue weighted by molar-refractivity contribution is 7.89. The largest absolute Gasteiger partial charge is 0.338 e. The lowest BCUT2D eigenvalue weighted by molar-refractivity contribution is 0.240. The monoisotopic (exact) mass is 408 g/mol. The topological polar surface area (TPSA) is 91.4 Å². The number of anilines is 1. The molecule has 0 bridgehead atoms. The van der Waals surface area contributed by atoms with Gasteiger partial charge in [0, 0.05) is 42.7 Å². The van der Waals surface area contributed by atoms with Gasteiger partial charge >= 0.3 is 6.03 Å². The van der Waals surface area contributed by atoms with Crippen LogP contribution in [-0.2, 0) is 10.0 Å². The number of piperidine rings is 1. The second-order valence-corrected chi connectivity index (χ2v) is 8.76. The van der Waals surface area contributed by atoms with Crippen molar-refractivity contribution in [3.63, 3.8) is 0 Å². The lowest BCUT2D eigenvalue weighted by atomic mass is 9.98. The van der Waals surface area contributed by atoms with Gasteiger partial charge in [0.05, 0.1) is 0 Å². The van der Waals surface area contributed by atoms with E-state index in [2.05, 4.69) is 15.6 Å². The number of halogens is 1. The maximum atomic E-state index is 12.6. The number of amides is 2. The second kappa shape index (κ2) is 8.69. The van der Waals surface area contributed by atoms with E-state index in [1.165, 1.54) is 10.5 Å². The molecule has 1 saturated heterocycles. The molecule has 2 amide bonds. The van der Waals surface area contributed by atoms with E-state index in [0.29, 0.717) is 43.2 Å². The third kappa shape index (κ3) is 5.18. The standard InChI is InChI=1S/C18H21ClN4O3S/c19-15-3-1-4-16(11-15)22-18(24)21-12-14-6-9-23(10-7-14)27(25,26)17-5-2-8-20-13-17/h1-5,8,11,13-14H,6-7,9-10,12H2,(H2,21,22,24). The molecule has 9 heteroatoms. The first-order chi connectivity index (χ1) is 12.9. The summed E-state index contributed by atoms with van der Waals surface area (Å²) in [6.07, 6.45) is 4.29. The first kappa shape index (κ1) is 19.6. The van der Waals surface area contributed by atoms with Gasteiger partial charge in [-0.05, 0) is 49.1 Å². The predicted octanol–water partition coefficient (Wildman–Crippen LogP) is 2.96. The van der Waals surface area contributed by atoms with Crippen LogP contribution in [0, 0.1) is 5.92 Å². The Morgan fingerprint density at radius 3 is 2.67 bits per heavy atom. The minimum atomic E-state index is -3.50. The van der Waals surface area contributed by atoms with E-state index in [-0.39, 0.29) is 16.8 Å². The van der Waals surface area contributed by atoms with Crippen LogP contribution in [-0.4, -0.2) is 43.4 Å². The molecule has 1 aromatic heterocycles. The maximum absolute atomic E-state index is 12.6. The smallest absolute Gasteiger partial charge is 0.319 e. The Balaban J connectivity index is 1.46. The molecule has 1 aliphatic heterocycles. The average Bonchev–Trinajstić information content (AvgIpc) is 2.67. The fourth-order valence-corrected chi connectivity index (χ4v) is 4.61. The molecule has 0 atom stereocenters. The van der Waals surface area contributed by atoms with Gasteiger partial charge in [-0.1, -0.05) is 17.7 Å². The number of nitrogens with one attached hydrogen (secondary N) is 2. The fraction of sp³-hybridized carbons (Fsp3) is 0.333. The van der Waals surface area contributed by atoms with E-state index < -0.39 is 10.0 Å². The number of aromatic nitrogens is 1. The van der Waals surface area contributed by atoms with Crippen LogP contribution in [0.2, 0.25) is 5.02 Å². The summed E-state index contributed by atoms with van der Waals surface area (Å²) in [5.74, 6) is 0.232. The van der Waals surface area contributed by atoms with Crippen LogP contribution in [0.3, 0.4) is 0 Å². The van der Waals surface area contributed by atoms with Gasteiger partial charge in [-0.2, -0.15) is 4.31 Å². The van der Waals surface area contributed by atoms with E-state index >= 15 is 0 Å². The number of urea groups is 1. The Labute approximate surface area is 163 Å². The molecule has 1 fully saturated rings. The van der Waals surface area contributed by atoms with Crippen LogP contribution in [0.25, 0.3) is 0 Å². The van der Waals surface area contributed by atoms with Gasteiger partial charge in [0.15, 0.2) is 0 Å². The molecule has 2 aromatic rings. The number of hydrogen-bond donors (Lipinski definition) is 2. The summed E-state index contributed by atoms with van der Waals surface area (Å²) in [6.45, 7) is 1.35. The highest BCUT2D eigenvalue weighted by atomic mass is 35.5. The lowest BCUT2D eigenvalue weighted by Crippen LogP contribution is -2.42. The van der Waals surface area contributed by atoms with Crippen molar-refractivity contribution in [3.8, 4) is 0 Å². The predicted molar refractivity (Wildman–Crippen MR) is 104 cm³/mol. The number of carbonyl (C=O) groups is 1. The van der Waals surface area contributed by atoms with Crippen LogP contribution >= 0.6 is 11.6 Å². The van der Waals surface area contributed by atoms with Gasteiger partial charge in [0.1, 0.15) is 4.90 Å². The van der Waals surface area contributed by atoms with Crippen molar-refractivity contribution in [2.75, 3.05) is 25.0 Å². The van der Waals surface area contributed by atoms with Crippen molar-refractivity contribution in [1.82, 2.24) is 14.6 Å². The quantitative estimate of drug-likeness (QED) is 0.795. The van der Waals surface area contributed by atoms with Gasteiger partial charge in [-0.15, -0.1) is 0 Å². The third-order valence-electron chi connectivity index (χ3n) is 4.48. The number of sulfonamides is 1. The lowest BCUT2D eigenvalue weighted by Gasteiger charge is -2.31. The van der Waals surface area contributed by atoms with Gasteiger partial charge in [0.25, 0.3) is 0 Å². The van der Waals surface area contributed by atoms with Crippen molar-refractivity contribution in [2.24, 2.45) is 5.92 Å². The molecule has 0 aliphatic carbocycles. The number of pyridine rings is 1. The molecule has 0 unspecified atom stereocenters. The number of hydrogen-bond acceptors (Lipinski definition) is 4. The molecule has 7 nitrogen and oxygen atoms in total. The van der Waals surface area contributed by atoms with Gasteiger partial charge < -0.3 is 10.6 Å². The molecular weight excluding hydrogens is 388 g/mol. The van der Waals surface area contributed by atoms with Crippen molar-refractivity contribution < 1.29 is 13.2 Å². The summed E-state index contributed by atoms with van der Waals surface area (Å²) in [5, 5.41) is 6.11. The first-order valence-corrected chi connectivity index (χ1v) is 10.5. The Bertz CT molecular complexity index is 884. The van der Waals surface area contributed by atoms with Crippen molar-refractivity contribution in [3.05, 3.63) is 53.8 Å². The van der Waals surface area contributed by atoms with Crippen molar-refractivity contribution in [2.45, 2.75) is 17.7 Å². The number of benzene rings is 1. The summed E-state index contributed by atoms with van der Waals surface area (Å²) in [6, 6.07) is 9.78. The number of carbonyl (C=O) groups excluding carboxylic acids is 1. The van der Waals surface area contributed by atoms with Crippen LogP contribution in [0.5, 0.6) is 0 Å². The van der Waals surface area contributed by atoms with E-state index in [1.54, 1.807) is 42.6 Å². The summed E-state index contributed by atoms with van der Waals surface area (Å²) in [7, 11) is -3.50. The molecule has 2 N–H and O–H groups in total. The molecule has 3 rings (SSSR count). The highest BCUT2D eigenvalue weighted by Crippen LogP contribution is 2.23. The maximum Gasteiger partial charge on any atom is 0.319 e. The molecule has 0 saturated carbocycles. The zero-order chi connectivity index (χ0) is 19.3. The Morgan fingerprint density at radius 2 is 2.00 bits per heavy atom. The summed E-state index contributed by atoms with van der Waals surface area (Å²) in [5.41, 5.74) is 0.623. The molecule has 144 valence electrons.